The number of amides is 1. The highest BCUT2D eigenvalue weighted by Crippen LogP contribution is 2.25. The van der Waals surface area contributed by atoms with Crippen LogP contribution in [0.1, 0.15) is 18.4 Å². The van der Waals surface area contributed by atoms with Crippen LogP contribution in [-0.2, 0) is 11.2 Å². The van der Waals surface area contributed by atoms with Gasteiger partial charge in [-0.25, -0.2) is 0 Å². The second kappa shape index (κ2) is 9.97. The molecule has 1 saturated heterocycles. The van der Waals surface area contributed by atoms with Gasteiger partial charge in [-0.15, -0.1) is 0 Å². The van der Waals surface area contributed by atoms with Crippen molar-refractivity contribution in [3.05, 3.63) is 60.2 Å². The van der Waals surface area contributed by atoms with Gasteiger partial charge in [0.05, 0.1) is 7.11 Å². The van der Waals surface area contributed by atoms with Gasteiger partial charge in [0.15, 0.2) is 18.1 Å². The fourth-order valence-electron chi connectivity index (χ4n) is 3.49. The summed E-state index contributed by atoms with van der Waals surface area (Å²) in [5.41, 5.74) is 1.30. The Labute approximate surface area is 161 Å². The topological polar surface area (TPSA) is 50.8 Å². The zero-order chi connectivity index (χ0) is 18.9. The Kier molecular flexibility index (Phi) is 7.11. The normalized spacial score (nSPS) is 15.3. The Hall–Kier alpha value is -2.53. The highest BCUT2D eigenvalue weighted by atomic mass is 16.5. The van der Waals surface area contributed by atoms with Crippen molar-refractivity contribution in [2.45, 2.75) is 25.3 Å². The summed E-state index contributed by atoms with van der Waals surface area (Å²) in [5, 5.41) is 3.04. The van der Waals surface area contributed by atoms with Gasteiger partial charge in [0.1, 0.15) is 0 Å². The summed E-state index contributed by atoms with van der Waals surface area (Å²) in [6.45, 7) is 2.82. The first-order chi connectivity index (χ1) is 13.3. The van der Waals surface area contributed by atoms with Crippen molar-refractivity contribution in [2.75, 3.05) is 33.4 Å². The summed E-state index contributed by atoms with van der Waals surface area (Å²) < 4.78 is 10.9. The van der Waals surface area contributed by atoms with Crippen LogP contribution >= 0.6 is 0 Å². The molecule has 3 rings (SSSR count). The Balaban J connectivity index is 1.52. The van der Waals surface area contributed by atoms with Crippen LogP contribution in [0.4, 0.5) is 0 Å². The number of ether oxygens (including phenoxy) is 2. The zero-order valence-corrected chi connectivity index (χ0v) is 15.9. The third-order valence-electron chi connectivity index (χ3n) is 4.93. The van der Waals surface area contributed by atoms with Crippen molar-refractivity contribution in [3.8, 4) is 11.5 Å². The Morgan fingerprint density at radius 1 is 1.04 bits per heavy atom. The molecule has 1 atom stereocenters. The monoisotopic (exact) mass is 368 g/mol. The van der Waals surface area contributed by atoms with Gasteiger partial charge in [-0.3, -0.25) is 9.69 Å². The van der Waals surface area contributed by atoms with Crippen LogP contribution in [-0.4, -0.2) is 50.2 Å². The van der Waals surface area contributed by atoms with Crippen molar-refractivity contribution < 1.29 is 14.3 Å². The lowest BCUT2D eigenvalue weighted by Crippen LogP contribution is -2.45. The van der Waals surface area contributed by atoms with Gasteiger partial charge < -0.3 is 14.8 Å². The molecular formula is C22H28N2O3. The van der Waals surface area contributed by atoms with Crippen LogP contribution in [0.2, 0.25) is 0 Å². The second-order valence-electron chi connectivity index (χ2n) is 6.83. The lowest BCUT2D eigenvalue weighted by atomic mass is 10.0. The predicted octanol–water partition coefficient (Wildman–Crippen LogP) is 2.90. The lowest BCUT2D eigenvalue weighted by molar-refractivity contribution is -0.123. The number of hydrogen-bond acceptors (Lipinski definition) is 4. The maximum atomic E-state index is 12.3. The van der Waals surface area contributed by atoms with E-state index in [0.717, 1.165) is 19.5 Å². The number of benzene rings is 2. The summed E-state index contributed by atoms with van der Waals surface area (Å²) in [7, 11) is 1.59. The van der Waals surface area contributed by atoms with E-state index in [1.165, 1.54) is 18.4 Å². The molecule has 5 heteroatoms. The smallest absolute Gasteiger partial charge is 0.257 e. The van der Waals surface area contributed by atoms with E-state index in [1.54, 1.807) is 13.2 Å². The van der Waals surface area contributed by atoms with Crippen LogP contribution < -0.4 is 14.8 Å². The van der Waals surface area contributed by atoms with Gasteiger partial charge in [0.25, 0.3) is 5.91 Å². The zero-order valence-electron chi connectivity index (χ0n) is 15.9. The quantitative estimate of drug-likeness (QED) is 0.739. The molecular weight excluding hydrogens is 340 g/mol. The summed E-state index contributed by atoms with van der Waals surface area (Å²) >= 11 is 0. The first-order valence-corrected chi connectivity index (χ1v) is 9.57. The Morgan fingerprint density at radius 3 is 2.41 bits per heavy atom. The number of nitrogens with zero attached hydrogens (tertiary/aromatic N) is 1. The molecule has 27 heavy (non-hydrogen) atoms. The minimum atomic E-state index is -0.113. The minimum Gasteiger partial charge on any atom is -0.493 e. The number of carbonyl (C=O) groups excluding carboxylic acids is 1. The Morgan fingerprint density at radius 2 is 1.70 bits per heavy atom. The molecule has 1 amide bonds. The molecule has 1 N–H and O–H groups in total. The number of para-hydroxylation sites is 2. The number of methoxy groups -OCH3 is 1. The molecule has 0 spiro atoms. The number of hydrogen-bond donors (Lipinski definition) is 1. The van der Waals surface area contributed by atoms with Crippen LogP contribution in [0.25, 0.3) is 0 Å². The first-order valence-electron chi connectivity index (χ1n) is 9.57. The van der Waals surface area contributed by atoms with E-state index in [-0.39, 0.29) is 12.5 Å². The molecule has 0 radical (unpaired) electrons. The molecule has 1 aliphatic rings. The van der Waals surface area contributed by atoms with Crippen LogP contribution in [0.3, 0.4) is 0 Å². The molecule has 2 aromatic rings. The van der Waals surface area contributed by atoms with Gasteiger partial charge >= 0.3 is 0 Å². The SMILES string of the molecule is COc1ccccc1OCC(=O)NCC(Cc1ccccc1)N1CCCC1. The predicted molar refractivity (Wildman–Crippen MR) is 106 cm³/mol. The van der Waals surface area contributed by atoms with E-state index in [1.807, 2.05) is 24.3 Å². The van der Waals surface area contributed by atoms with E-state index < -0.39 is 0 Å². The summed E-state index contributed by atoms with van der Waals surface area (Å²) in [5.74, 6) is 1.10. The third kappa shape index (κ3) is 5.73. The lowest BCUT2D eigenvalue weighted by Gasteiger charge is -2.28. The van der Waals surface area contributed by atoms with Gasteiger partial charge in [0, 0.05) is 12.6 Å². The van der Waals surface area contributed by atoms with Gasteiger partial charge in [-0.05, 0) is 50.0 Å². The largest absolute Gasteiger partial charge is 0.493 e. The second-order valence-corrected chi connectivity index (χ2v) is 6.83. The summed E-state index contributed by atoms with van der Waals surface area (Å²) in [6, 6.07) is 18.1. The number of carbonyl (C=O) groups is 1. The molecule has 0 aromatic heterocycles. The number of rotatable bonds is 9. The maximum absolute atomic E-state index is 12.3. The van der Waals surface area contributed by atoms with Gasteiger partial charge in [0.2, 0.25) is 0 Å². The maximum Gasteiger partial charge on any atom is 0.257 e. The van der Waals surface area contributed by atoms with E-state index in [4.69, 9.17) is 9.47 Å². The first kappa shape index (κ1) is 19.2. The van der Waals surface area contributed by atoms with Crippen molar-refractivity contribution >= 4 is 5.91 Å². The molecule has 1 heterocycles. The van der Waals surface area contributed by atoms with E-state index in [9.17, 15) is 4.79 Å². The van der Waals surface area contributed by atoms with E-state index >= 15 is 0 Å². The number of nitrogens with one attached hydrogen (secondary N) is 1. The fraction of sp³-hybridized carbons (Fsp3) is 0.409. The molecule has 144 valence electrons. The van der Waals surface area contributed by atoms with Crippen LogP contribution in [0, 0.1) is 0 Å². The van der Waals surface area contributed by atoms with Crippen molar-refractivity contribution in [1.82, 2.24) is 10.2 Å². The number of likely N-dealkylation sites (tertiary alicyclic amines) is 1. The van der Waals surface area contributed by atoms with E-state index in [0.29, 0.717) is 24.1 Å². The molecule has 0 bridgehead atoms. The van der Waals surface area contributed by atoms with Crippen LogP contribution in [0.15, 0.2) is 54.6 Å². The third-order valence-corrected chi connectivity index (χ3v) is 4.93. The van der Waals surface area contributed by atoms with E-state index in [2.05, 4.69) is 34.5 Å². The van der Waals surface area contributed by atoms with Crippen molar-refractivity contribution in [3.63, 3.8) is 0 Å². The molecule has 1 aliphatic heterocycles. The average Bonchev–Trinajstić information content (AvgIpc) is 3.25. The van der Waals surface area contributed by atoms with Gasteiger partial charge in [-0.1, -0.05) is 42.5 Å². The molecule has 5 nitrogen and oxygen atoms in total. The van der Waals surface area contributed by atoms with Crippen LogP contribution in [0.5, 0.6) is 11.5 Å². The fourth-order valence-corrected chi connectivity index (χ4v) is 3.49. The summed E-state index contributed by atoms with van der Waals surface area (Å²) in [6.07, 6.45) is 3.40. The van der Waals surface area contributed by atoms with Crippen molar-refractivity contribution in [1.29, 1.82) is 0 Å². The highest BCUT2D eigenvalue weighted by Gasteiger charge is 2.22. The average molecular weight is 368 g/mol. The molecule has 0 saturated carbocycles. The molecule has 2 aromatic carbocycles. The highest BCUT2D eigenvalue weighted by molar-refractivity contribution is 5.77. The van der Waals surface area contributed by atoms with Crippen molar-refractivity contribution in [2.24, 2.45) is 0 Å². The van der Waals surface area contributed by atoms with Gasteiger partial charge in [-0.2, -0.15) is 0 Å². The molecule has 1 fully saturated rings. The molecule has 1 unspecified atom stereocenters. The Bertz CT molecular complexity index is 715. The standard InChI is InChI=1S/C22H28N2O3/c1-26-20-11-5-6-12-21(20)27-17-22(25)23-16-19(24-13-7-8-14-24)15-18-9-3-2-4-10-18/h2-6,9-12,19H,7-8,13-17H2,1H3,(H,23,25). The summed E-state index contributed by atoms with van der Waals surface area (Å²) in [4.78, 5) is 14.8. The minimum absolute atomic E-state index is 0.0154. The molecule has 0 aliphatic carbocycles.